The number of nitrogens with zero attached hydrogens (tertiary/aromatic N) is 2. The molecular weight excluding hydrogens is 260 g/mol. The lowest BCUT2D eigenvalue weighted by molar-refractivity contribution is -0.774. The van der Waals surface area contributed by atoms with E-state index in [2.05, 4.69) is 60.8 Å². The van der Waals surface area contributed by atoms with Crippen LogP contribution in [-0.4, -0.2) is 11.7 Å². The lowest BCUT2D eigenvalue weighted by Gasteiger charge is -2.24. The van der Waals surface area contributed by atoms with Crippen LogP contribution in [0.4, 0.5) is 0 Å². The second-order valence-electron chi connectivity index (χ2n) is 6.10. The van der Waals surface area contributed by atoms with Crippen molar-refractivity contribution in [2.24, 2.45) is 5.92 Å². The first kappa shape index (κ1) is 15.9. The van der Waals surface area contributed by atoms with Gasteiger partial charge < -0.3 is 9.67 Å². The molecule has 0 aliphatic heterocycles. The van der Waals surface area contributed by atoms with Gasteiger partial charge in [0, 0.05) is 13.0 Å². The fourth-order valence-corrected chi connectivity index (χ4v) is 3.13. The van der Waals surface area contributed by atoms with E-state index in [-0.39, 0.29) is 0 Å². The van der Waals surface area contributed by atoms with Crippen LogP contribution in [0.3, 0.4) is 0 Å². The van der Waals surface area contributed by atoms with Gasteiger partial charge in [-0.25, -0.2) is 0 Å². The van der Waals surface area contributed by atoms with Gasteiger partial charge in [0.15, 0.2) is 0 Å². The van der Waals surface area contributed by atoms with E-state index in [4.69, 9.17) is 5.11 Å². The molecule has 0 radical (unpaired) electrons. The molecule has 1 aliphatic carbocycles. The summed E-state index contributed by atoms with van der Waals surface area (Å²) < 4.78 is 4.49. The van der Waals surface area contributed by atoms with Gasteiger partial charge >= 0.3 is 0 Å². The van der Waals surface area contributed by atoms with Gasteiger partial charge in [-0.1, -0.05) is 30.4 Å². The number of aryl methyl sites for hydroxylation is 1. The van der Waals surface area contributed by atoms with Crippen molar-refractivity contribution in [1.29, 1.82) is 0 Å². The van der Waals surface area contributed by atoms with E-state index < -0.39 is 0 Å². The molecule has 21 heavy (non-hydrogen) atoms. The Hall–Kier alpha value is -1.48. The van der Waals surface area contributed by atoms with Gasteiger partial charge in [-0.15, -0.1) is 12.2 Å². The monoisotopic (exact) mass is 288 g/mol. The molecule has 2 rings (SSSR count). The molecule has 0 amide bonds. The first-order valence-electron chi connectivity index (χ1n) is 8.04. The van der Waals surface area contributed by atoms with Gasteiger partial charge in [0.25, 0.3) is 6.33 Å². The Bertz CT molecular complexity index is 493. The first-order chi connectivity index (χ1) is 10.1. The van der Waals surface area contributed by atoms with Crippen molar-refractivity contribution < 1.29 is 14.2 Å². The number of hydrogen-bond donors (Lipinski definition) is 1. The molecule has 1 N–H and O–H groups in total. The molecule has 0 bridgehead atoms. The van der Waals surface area contributed by atoms with E-state index in [0.29, 0.717) is 12.5 Å². The predicted molar refractivity (Wildman–Crippen MR) is 83.3 cm³/mol. The van der Waals surface area contributed by atoms with E-state index in [9.17, 15) is 0 Å². The summed E-state index contributed by atoms with van der Waals surface area (Å²) in [6.07, 6.45) is 15.5. The fourth-order valence-electron chi connectivity index (χ4n) is 3.13. The minimum Gasteiger partial charge on any atom is -0.396 e. The third-order valence-electron chi connectivity index (χ3n) is 4.05. The molecule has 1 aromatic heterocycles. The molecule has 1 aliphatic rings. The van der Waals surface area contributed by atoms with Crippen molar-refractivity contribution in [3.8, 4) is 0 Å². The van der Waals surface area contributed by atoms with Gasteiger partial charge in [0.1, 0.15) is 12.6 Å². The zero-order chi connectivity index (χ0) is 15.2. The quantitative estimate of drug-likeness (QED) is 0.466. The van der Waals surface area contributed by atoms with E-state index in [1.54, 1.807) is 0 Å². The number of unbranched alkanes of at least 4 members (excludes halogenated alkanes) is 3. The van der Waals surface area contributed by atoms with Crippen LogP contribution in [0.5, 0.6) is 0 Å². The summed E-state index contributed by atoms with van der Waals surface area (Å²) in [5.74, 6) is 0.531. The maximum Gasteiger partial charge on any atom is 0.257 e. The molecule has 3 nitrogen and oxygen atoms in total. The summed E-state index contributed by atoms with van der Waals surface area (Å²) in [7, 11) is 0. The Morgan fingerprint density at radius 1 is 1.14 bits per heavy atom. The molecule has 1 aromatic rings. The van der Waals surface area contributed by atoms with Crippen LogP contribution in [0, 0.1) is 12.0 Å². The standard InChI is InChI=1S/C18H28N2O/c1-15-12-16(2)18(17(3)13-15)20-10-9-19(14-20)8-6-4-5-7-11-21/h9-10,12-15,21H,4-8,11H2,1-3H3. The minimum atomic E-state index is 0.317. The maximum atomic E-state index is 8.78. The molecular formula is C18H28N2O. The molecule has 0 aromatic carbocycles. The lowest BCUT2D eigenvalue weighted by Crippen LogP contribution is -2.44. The van der Waals surface area contributed by atoms with Crippen LogP contribution in [-0.2, 0) is 6.54 Å². The number of aromatic nitrogens is 2. The van der Waals surface area contributed by atoms with Crippen molar-refractivity contribution in [2.45, 2.75) is 53.0 Å². The number of aliphatic hydroxyl groups is 1. The highest BCUT2D eigenvalue weighted by Crippen LogP contribution is 2.26. The van der Waals surface area contributed by atoms with Gasteiger partial charge in [0.05, 0.1) is 12.4 Å². The number of rotatable bonds is 7. The zero-order valence-electron chi connectivity index (χ0n) is 13.5. The van der Waals surface area contributed by atoms with Crippen molar-refractivity contribution >= 4 is 0 Å². The lowest BCUT2D eigenvalue weighted by atomic mass is 9.89. The Balaban J connectivity index is 1.93. The van der Waals surface area contributed by atoms with Crippen LogP contribution in [0.25, 0.3) is 0 Å². The topological polar surface area (TPSA) is 28.0 Å². The number of aliphatic hydroxyl groups excluding tert-OH is 1. The van der Waals surface area contributed by atoms with Gasteiger partial charge in [-0.3, -0.25) is 4.57 Å². The highest BCUT2D eigenvalue weighted by atomic mass is 16.2. The fraction of sp³-hybridized carbons (Fsp3) is 0.556. The normalized spacial score (nSPS) is 16.1. The molecule has 3 heteroatoms. The maximum absolute atomic E-state index is 8.78. The van der Waals surface area contributed by atoms with Crippen LogP contribution >= 0.6 is 0 Å². The summed E-state index contributed by atoms with van der Waals surface area (Å²) in [6.45, 7) is 7.99. The van der Waals surface area contributed by atoms with E-state index in [1.165, 1.54) is 30.0 Å². The molecule has 0 saturated heterocycles. The second kappa shape index (κ2) is 7.51. The highest BCUT2D eigenvalue weighted by molar-refractivity contribution is 5.38. The van der Waals surface area contributed by atoms with Crippen LogP contribution < -0.4 is 9.13 Å². The second-order valence-corrected chi connectivity index (χ2v) is 6.10. The summed E-state index contributed by atoms with van der Waals surface area (Å²) in [6, 6.07) is 1.31. The average molecular weight is 288 g/mol. The largest absolute Gasteiger partial charge is 0.396 e. The summed E-state index contributed by atoms with van der Waals surface area (Å²) in [5, 5.41) is 8.78. The highest BCUT2D eigenvalue weighted by Gasteiger charge is 2.21. The number of allylic oxidation sites excluding steroid dienone is 4. The van der Waals surface area contributed by atoms with E-state index in [1.807, 2.05) is 0 Å². The Kier molecular flexibility index (Phi) is 5.68. The zero-order valence-corrected chi connectivity index (χ0v) is 13.5. The molecule has 116 valence electrons. The first-order valence-corrected chi connectivity index (χ1v) is 8.04. The van der Waals surface area contributed by atoms with E-state index >= 15 is 0 Å². The molecule has 0 saturated carbocycles. The molecule has 1 heterocycles. The Morgan fingerprint density at radius 3 is 2.48 bits per heavy atom. The Morgan fingerprint density at radius 2 is 1.81 bits per heavy atom. The van der Waals surface area contributed by atoms with Crippen LogP contribution in [0.1, 0.15) is 46.5 Å². The minimum absolute atomic E-state index is 0.317. The van der Waals surface area contributed by atoms with Gasteiger partial charge in [-0.05, 0) is 26.7 Å². The van der Waals surface area contributed by atoms with Gasteiger partial charge in [-0.2, -0.15) is 0 Å². The van der Waals surface area contributed by atoms with Crippen molar-refractivity contribution in [2.75, 3.05) is 6.61 Å². The molecule has 0 fully saturated rings. The SMILES string of the molecule is CC1=CC(C)C=C(C)[C-]1[n+]1c[cH-][n+](CCCCCCO)c1. The third kappa shape index (κ3) is 4.24. The number of imidazole rings is 1. The molecule has 0 atom stereocenters. The smallest absolute Gasteiger partial charge is 0.257 e. The molecule has 0 unspecified atom stereocenters. The van der Waals surface area contributed by atoms with Crippen molar-refractivity contribution in [3.63, 3.8) is 0 Å². The predicted octanol–water partition coefficient (Wildman–Crippen LogP) is 2.46. The van der Waals surface area contributed by atoms with Crippen molar-refractivity contribution in [1.82, 2.24) is 0 Å². The van der Waals surface area contributed by atoms with Crippen LogP contribution in [0.2, 0.25) is 0 Å². The third-order valence-corrected chi connectivity index (χ3v) is 4.05. The van der Waals surface area contributed by atoms with Crippen LogP contribution in [0.15, 0.2) is 42.0 Å². The summed E-state index contributed by atoms with van der Waals surface area (Å²) in [4.78, 5) is 0. The average Bonchev–Trinajstić information content (AvgIpc) is 2.86. The Labute approximate surface area is 128 Å². The number of hydrogen-bond acceptors (Lipinski definition) is 1. The summed E-state index contributed by atoms with van der Waals surface area (Å²) >= 11 is 0. The summed E-state index contributed by atoms with van der Waals surface area (Å²) in [5.41, 5.74) is 2.71. The van der Waals surface area contributed by atoms with Gasteiger partial charge in [0.2, 0.25) is 0 Å². The van der Waals surface area contributed by atoms with E-state index in [0.717, 1.165) is 19.4 Å². The van der Waals surface area contributed by atoms with Crippen molar-refractivity contribution in [3.05, 3.63) is 48.1 Å². The molecule has 0 spiro atoms.